The fourth-order valence-electron chi connectivity index (χ4n) is 2.10. The van der Waals surface area contributed by atoms with Crippen LogP contribution < -0.4 is 11.1 Å². The third-order valence-electron chi connectivity index (χ3n) is 3.16. The van der Waals surface area contributed by atoms with E-state index in [0.717, 1.165) is 19.3 Å². The number of aromatic nitrogens is 2. The number of hydrogen-bond acceptors (Lipinski definition) is 5. The highest BCUT2D eigenvalue weighted by Gasteiger charge is 2.13. The van der Waals surface area contributed by atoms with Gasteiger partial charge in [0.1, 0.15) is 17.2 Å². The lowest BCUT2D eigenvalue weighted by Crippen LogP contribution is -2.24. The minimum absolute atomic E-state index is 0.0114. The highest BCUT2D eigenvalue weighted by atomic mass is 19.1. The van der Waals surface area contributed by atoms with E-state index in [-0.39, 0.29) is 24.1 Å². The second-order valence-corrected chi connectivity index (χ2v) is 4.73. The maximum Gasteiger partial charge on any atom is 0.222 e. The van der Waals surface area contributed by atoms with Crippen molar-refractivity contribution in [2.45, 2.75) is 32.2 Å². The summed E-state index contributed by atoms with van der Waals surface area (Å²) in [4.78, 5) is 8.04. The second kappa shape index (κ2) is 6.47. The molecule has 0 saturated carbocycles. The maximum absolute atomic E-state index is 13.7. The SMILES string of the molecule is CCCC[C@@H](CO)Nc1nc(N)nc2c(F)cccc12. The van der Waals surface area contributed by atoms with Crippen LogP contribution in [0.1, 0.15) is 26.2 Å². The van der Waals surface area contributed by atoms with Crippen LogP contribution >= 0.6 is 0 Å². The molecule has 0 aliphatic rings. The molecule has 1 atom stereocenters. The molecule has 2 aromatic rings. The molecule has 0 aliphatic carbocycles. The molecule has 1 aromatic carbocycles. The molecule has 6 heteroatoms. The Morgan fingerprint density at radius 1 is 1.40 bits per heavy atom. The monoisotopic (exact) mass is 278 g/mol. The first-order chi connectivity index (χ1) is 9.65. The third kappa shape index (κ3) is 3.14. The van der Waals surface area contributed by atoms with Crippen LogP contribution in [0.25, 0.3) is 10.9 Å². The van der Waals surface area contributed by atoms with Gasteiger partial charge < -0.3 is 16.2 Å². The van der Waals surface area contributed by atoms with Gasteiger partial charge in [-0.15, -0.1) is 0 Å². The average Bonchev–Trinajstić information content (AvgIpc) is 2.44. The quantitative estimate of drug-likeness (QED) is 0.755. The van der Waals surface area contributed by atoms with Gasteiger partial charge in [0.05, 0.1) is 12.6 Å². The number of halogens is 1. The van der Waals surface area contributed by atoms with Crippen molar-refractivity contribution < 1.29 is 9.50 Å². The van der Waals surface area contributed by atoms with Crippen LogP contribution in [0.2, 0.25) is 0 Å². The van der Waals surface area contributed by atoms with Crippen molar-refractivity contribution in [3.8, 4) is 0 Å². The molecule has 1 heterocycles. The van der Waals surface area contributed by atoms with Gasteiger partial charge in [0.25, 0.3) is 0 Å². The van der Waals surface area contributed by atoms with Crippen molar-refractivity contribution in [2.24, 2.45) is 0 Å². The van der Waals surface area contributed by atoms with E-state index in [1.165, 1.54) is 6.07 Å². The van der Waals surface area contributed by atoms with Crippen LogP contribution in [-0.2, 0) is 0 Å². The number of hydrogen-bond donors (Lipinski definition) is 3. The van der Waals surface area contributed by atoms with Crippen molar-refractivity contribution in [1.82, 2.24) is 9.97 Å². The number of unbranched alkanes of at least 4 members (excludes halogenated alkanes) is 1. The lowest BCUT2D eigenvalue weighted by atomic mass is 10.1. The standard InChI is InChI=1S/C14H19FN4O/c1-2-3-5-9(8-20)17-13-10-6-4-7-11(15)12(10)18-14(16)19-13/h4,6-7,9,20H,2-3,5,8H2,1H3,(H3,16,17,18,19)/t9-/m0/s1. The van der Waals surface area contributed by atoms with E-state index in [0.29, 0.717) is 11.2 Å². The molecule has 0 unspecified atom stereocenters. The summed E-state index contributed by atoms with van der Waals surface area (Å²) in [6.45, 7) is 2.07. The molecule has 1 aromatic heterocycles. The van der Waals surface area contributed by atoms with E-state index in [1.54, 1.807) is 12.1 Å². The number of nitrogens with two attached hydrogens (primary N) is 1. The van der Waals surface area contributed by atoms with Gasteiger partial charge in [0.15, 0.2) is 0 Å². The minimum atomic E-state index is -0.436. The number of para-hydroxylation sites is 1. The number of fused-ring (bicyclic) bond motifs is 1. The van der Waals surface area contributed by atoms with E-state index < -0.39 is 5.82 Å². The lowest BCUT2D eigenvalue weighted by Gasteiger charge is -2.18. The number of nitrogen functional groups attached to an aromatic ring is 1. The van der Waals surface area contributed by atoms with Gasteiger partial charge in [-0.25, -0.2) is 9.37 Å². The van der Waals surface area contributed by atoms with E-state index in [1.807, 2.05) is 0 Å². The predicted octanol–water partition coefficient (Wildman–Crippen LogP) is 2.31. The Balaban J connectivity index is 2.35. The average molecular weight is 278 g/mol. The highest BCUT2D eigenvalue weighted by molar-refractivity contribution is 5.90. The number of benzene rings is 1. The van der Waals surface area contributed by atoms with Gasteiger partial charge in [-0.2, -0.15) is 4.98 Å². The molecule has 0 spiro atoms. The lowest BCUT2D eigenvalue weighted by molar-refractivity contribution is 0.267. The molecule has 5 nitrogen and oxygen atoms in total. The predicted molar refractivity (Wildman–Crippen MR) is 77.9 cm³/mol. The van der Waals surface area contributed by atoms with Crippen molar-refractivity contribution in [3.05, 3.63) is 24.0 Å². The van der Waals surface area contributed by atoms with Gasteiger partial charge in [0, 0.05) is 5.39 Å². The molecule has 0 amide bonds. The summed E-state index contributed by atoms with van der Waals surface area (Å²) < 4.78 is 13.7. The minimum Gasteiger partial charge on any atom is -0.394 e. The van der Waals surface area contributed by atoms with Crippen molar-refractivity contribution >= 4 is 22.7 Å². The molecular weight excluding hydrogens is 259 g/mol. The normalized spacial score (nSPS) is 12.6. The number of aliphatic hydroxyl groups is 1. The van der Waals surface area contributed by atoms with E-state index in [9.17, 15) is 9.50 Å². The van der Waals surface area contributed by atoms with Crippen LogP contribution in [0.3, 0.4) is 0 Å². The molecule has 20 heavy (non-hydrogen) atoms. The van der Waals surface area contributed by atoms with Crippen LogP contribution in [0, 0.1) is 5.82 Å². The topological polar surface area (TPSA) is 84.1 Å². The summed E-state index contributed by atoms with van der Waals surface area (Å²) in [5.74, 6) is 0.0354. The van der Waals surface area contributed by atoms with E-state index in [4.69, 9.17) is 5.73 Å². The van der Waals surface area contributed by atoms with Crippen LogP contribution in [0.15, 0.2) is 18.2 Å². The smallest absolute Gasteiger partial charge is 0.222 e. The highest BCUT2D eigenvalue weighted by Crippen LogP contribution is 2.24. The van der Waals surface area contributed by atoms with Crippen molar-refractivity contribution in [2.75, 3.05) is 17.7 Å². The Hall–Kier alpha value is -1.95. The Kier molecular flexibility index (Phi) is 4.68. The zero-order chi connectivity index (χ0) is 14.5. The maximum atomic E-state index is 13.7. The van der Waals surface area contributed by atoms with E-state index >= 15 is 0 Å². The summed E-state index contributed by atoms with van der Waals surface area (Å²) in [5.41, 5.74) is 5.81. The van der Waals surface area contributed by atoms with Crippen molar-refractivity contribution in [3.63, 3.8) is 0 Å². The van der Waals surface area contributed by atoms with Crippen LogP contribution in [0.4, 0.5) is 16.2 Å². The molecule has 0 saturated heterocycles. The molecule has 0 bridgehead atoms. The first-order valence-electron chi connectivity index (χ1n) is 6.74. The summed E-state index contributed by atoms with van der Waals surface area (Å²) in [6, 6.07) is 4.53. The fourth-order valence-corrected chi connectivity index (χ4v) is 2.10. The third-order valence-corrected chi connectivity index (χ3v) is 3.16. The van der Waals surface area contributed by atoms with Crippen LogP contribution in [-0.4, -0.2) is 27.7 Å². The molecular formula is C14H19FN4O. The first kappa shape index (κ1) is 14.5. The zero-order valence-electron chi connectivity index (χ0n) is 11.4. The van der Waals surface area contributed by atoms with Gasteiger partial charge in [-0.1, -0.05) is 25.8 Å². The summed E-state index contributed by atoms with van der Waals surface area (Å²) >= 11 is 0. The Morgan fingerprint density at radius 2 is 2.20 bits per heavy atom. The van der Waals surface area contributed by atoms with Gasteiger partial charge in [-0.05, 0) is 18.6 Å². The number of aliphatic hydroxyl groups excluding tert-OH is 1. The first-order valence-corrected chi connectivity index (χ1v) is 6.74. The Labute approximate surface area is 117 Å². The second-order valence-electron chi connectivity index (χ2n) is 4.73. The van der Waals surface area contributed by atoms with Gasteiger partial charge >= 0.3 is 0 Å². The number of anilines is 2. The van der Waals surface area contributed by atoms with Gasteiger partial charge in [0.2, 0.25) is 5.95 Å². The Morgan fingerprint density at radius 3 is 2.90 bits per heavy atom. The molecule has 2 rings (SSSR count). The van der Waals surface area contributed by atoms with Crippen molar-refractivity contribution in [1.29, 1.82) is 0 Å². The van der Waals surface area contributed by atoms with Crippen LogP contribution in [0.5, 0.6) is 0 Å². The van der Waals surface area contributed by atoms with Gasteiger partial charge in [-0.3, -0.25) is 0 Å². The van der Waals surface area contributed by atoms with E-state index in [2.05, 4.69) is 22.2 Å². The fraction of sp³-hybridized carbons (Fsp3) is 0.429. The summed E-state index contributed by atoms with van der Waals surface area (Å²) in [7, 11) is 0. The number of rotatable bonds is 6. The molecule has 0 radical (unpaired) electrons. The molecule has 4 N–H and O–H groups in total. The summed E-state index contributed by atoms with van der Waals surface area (Å²) in [6.07, 6.45) is 2.85. The number of nitrogens with zero attached hydrogens (tertiary/aromatic N) is 2. The zero-order valence-corrected chi connectivity index (χ0v) is 11.4. The molecule has 0 aliphatic heterocycles. The largest absolute Gasteiger partial charge is 0.394 e. The molecule has 0 fully saturated rings. The summed E-state index contributed by atoms with van der Waals surface area (Å²) in [5, 5.41) is 13.1. The molecule has 108 valence electrons. The Bertz CT molecular complexity index is 591. The number of nitrogens with one attached hydrogen (secondary N) is 1.